The van der Waals surface area contributed by atoms with Crippen LogP contribution in [0, 0.1) is 0 Å². The van der Waals surface area contributed by atoms with Crippen LogP contribution in [0.15, 0.2) is 18.2 Å². The van der Waals surface area contributed by atoms with Gasteiger partial charge in [0.05, 0.1) is 13.7 Å². The van der Waals surface area contributed by atoms with Gasteiger partial charge in [-0.1, -0.05) is 6.92 Å². The second-order valence-electron chi connectivity index (χ2n) is 5.89. The van der Waals surface area contributed by atoms with E-state index in [0.29, 0.717) is 23.7 Å². The Morgan fingerprint density at radius 3 is 2.61 bits per heavy atom. The molecule has 0 saturated carbocycles. The molecule has 1 amide bonds. The minimum atomic E-state index is -0.0414. The molecule has 1 saturated heterocycles. The van der Waals surface area contributed by atoms with Gasteiger partial charge < -0.3 is 19.7 Å². The van der Waals surface area contributed by atoms with Gasteiger partial charge in [-0.25, -0.2) is 0 Å². The molecule has 0 atom stereocenters. The number of hydrogen-bond donors (Lipinski definition) is 1. The molecule has 0 unspecified atom stereocenters. The van der Waals surface area contributed by atoms with Crippen LogP contribution < -0.4 is 14.8 Å². The zero-order valence-corrected chi connectivity index (χ0v) is 14.4. The average Bonchev–Trinajstić information content (AvgIpc) is 2.57. The summed E-state index contributed by atoms with van der Waals surface area (Å²) in [5.74, 6) is 1.22. The van der Waals surface area contributed by atoms with Crippen LogP contribution in [0.25, 0.3) is 0 Å². The molecule has 5 nitrogen and oxygen atoms in total. The van der Waals surface area contributed by atoms with Crippen LogP contribution in [0.3, 0.4) is 0 Å². The number of rotatable bonds is 7. The number of carbonyl (C=O) groups is 1. The molecule has 0 aliphatic carbocycles. The number of nitrogens with zero attached hydrogens (tertiary/aromatic N) is 1. The lowest BCUT2D eigenvalue weighted by Crippen LogP contribution is -2.44. The van der Waals surface area contributed by atoms with Crippen molar-refractivity contribution in [1.29, 1.82) is 0 Å². The molecule has 1 aromatic rings. The number of amides is 1. The molecule has 0 radical (unpaired) electrons. The van der Waals surface area contributed by atoms with Gasteiger partial charge in [-0.05, 0) is 50.9 Å². The third-order valence-electron chi connectivity index (χ3n) is 4.19. The van der Waals surface area contributed by atoms with Gasteiger partial charge in [0.15, 0.2) is 11.5 Å². The van der Waals surface area contributed by atoms with Gasteiger partial charge in [0.2, 0.25) is 0 Å². The zero-order chi connectivity index (χ0) is 16.7. The largest absolute Gasteiger partial charge is 0.493 e. The molecule has 23 heavy (non-hydrogen) atoms. The Morgan fingerprint density at radius 2 is 2.00 bits per heavy atom. The van der Waals surface area contributed by atoms with Crippen LogP contribution >= 0.6 is 0 Å². The average molecular weight is 320 g/mol. The molecule has 1 heterocycles. The highest BCUT2D eigenvalue weighted by Crippen LogP contribution is 2.28. The van der Waals surface area contributed by atoms with Crippen molar-refractivity contribution in [1.82, 2.24) is 10.2 Å². The van der Waals surface area contributed by atoms with Crippen LogP contribution in [0.2, 0.25) is 0 Å². The zero-order valence-electron chi connectivity index (χ0n) is 14.4. The standard InChI is InChI=1S/C18H28N2O3/c1-4-10-20-11-8-15(9-12-20)19-18(21)14-6-7-16(23-5-2)17(13-14)22-3/h6-7,13,15H,4-5,8-12H2,1-3H3,(H,19,21). The van der Waals surface area contributed by atoms with Gasteiger partial charge in [0, 0.05) is 24.7 Å². The third kappa shape index (κ3) is 4.86. The van der Waals surface area contributed by atoms with Crippen molar-refractivity contribution < 1.29 is 14.3 Å². The Morgan fingerprint density at radius 1 is 1.26 bits per heavy atom. The summed E-state index contributed by atoms with van der Waals surface area (Å²) in [6, 6.07) is 5.58. The minimum absolute atomic E-state index is 0.0414. The van der Waals surface area contributed by atoms with E-state index in [0.717, 1.165) is 32.5 Å². The van der Waals surface area contributed by atoms with E-state index >= 15 is 0 Å². The van der Waals surface area contributed by atoms with Gasteiger partial charge in [-0.2, -0.15) is 0 Å². The highest BCUT2D eigenvalue weighted by atomic mass is 16.5. The lowest BCUT2D eigenvalue weighted by molar-refractivity contribution is 0.0910. The van der Waals surface area contributed by atoms with E-state index in [-0.39, 0.29) is 11.9 Å². The monoisotopic (exact) mass is 320 g/mol. The van der Waals surface area contributed by atoms with E-state index in [4.69, 9.17) is 9.47 Å². The Kier molecular flexibility index (Phi) is 6.71. The smallest absolute Gasteiger partial charge is 0.251 e. The summed E-state index contributed by atoms with van der Waals surface area (Å²) in [6.07, 6.45) is 3.21. The molecule has 1 aliphatic heterocycles. The van der Waals surface area contributed by atoms with Gasteiger partial charge in [-0.3, -0.25) is 4.79 Å². The summed E-state index contributed by atoms with van der Waals surface area (Å²) in [4.78, 5) is 14.9. The first-order valence-electron chi connectivity index (χ1n) is 8.52. The molecule has 5 heteroatoms. The summed E-state index contributed by atoms with van der Waals surface area (Å²) in [6.45, 7) is 7.96. The lowest BCUT2D eigenvalue weighted by Gasteiger charge is -2.32. The summed E-state index contributed by atoms with van der Waals surface area (Å²) >= 11 is 0. The number of likely N-dealkylation sites (tertiary alicyclic amines) is 1. The first kappa shape index (κ1) is 17.6. The fourth-order valence-electron chi connectivity index (χ4n) is 2.97. The number of piperidine rings is 1. The number of hydrogen-bond acceptors (Lipinski definition) is 4. The van der Waals surface area contributed by atoms with Crippen LogP contribution in [0.1, 0.15) is 43.5 Å². The van der Waals surface area contributed by atoms with Crippen LogP contribution in [-0.2, 0) is 0 Å². The van der Waals surface area contributed by atoms with E-state index in [1.165, 1.54) is 6.42 Å². The fraction of sp³-hybridized carbons (Fsp3) is 0.611. The molecule has 0 spiro atoms. The summed E-state index contributed by atoms with van der Waals surface area (Å²) in [5, 5.41) is 3.14. The van der Waals surface area contributed by atoms with Crippen molar-refractivity contribution in [2.45, 2.75) is 39.2 Å². The molecule has 128 valence electrons. The van der Waals surface area contributed by atoms with E-state index < -0.39 is 0 Å². The van der Waals surface area contributed by atoms with E-state index in [1.54, 1.807) is 25.3 Å². The molecular weight excluding hydrogens is 292 g/mol. The van der Waals surface area contributed by atoms with Gasteiger partial charge in [0.25, 0.3) is 5.91 Å². The Balaban J connectivity index is 1.93. The number of benzene rings is 1. The predicted octanol–water partition coefficient (Wildman–Crippen LogP) is 2.70. The Bertz CT molecular complexity index is 511. The maximum atomic E-state index is 12.4. The molecule has 1 N–H and O–H groups in total. The Labute approximate surface area is 139 Å². The second-order valence-corrected chi connectivity index (χ2v) is 5.89. The number of nitrogens with one attached hydrogen (secondary N) is 1. The molecule has 0 aromatic heterocycles. The van der Waals surface area contributed by atoms with Crippen molar-refractivity contribution in [3.05, 3.63) is 23.8 Å². The molecule has 0 bridgehead atoms. The maximum Gasteiger partial charge on any atom is 0.251 e. The fourth-order valence-corrected chi connectivity index (χ4v) is 2.97. The van der Waals surface area contributed by atoms with Crippen molar-refractivity contribution in [3.63, 3.8) is 0 Å². The van der Waals surface area contributed by atoms with Crippen molar-refractivity contribution in [3.8, 4) is 11.5 Å². The van der Waals surface area contributed by atoms with E-state index in [2.05, 4.69) is 17.1 Å². The predicted molar refractivity (Wildman–Crippen MR) is 91.4 cm³/mol. The summed E-state index contributed by atoms with van der Waals surface area (Å²) in [7, 11) is 1.59. The van der Waals surface area contributed by atoms with E-state index in [1.807, 2.05) is 6.92 Å². The van der Waals surface area contributed by atoms with Gasteiger partial charge in [0.1, 0.15) is 0 Å². The second kappa shape index (κ2) is 8.77. The minimum Gasteiger partial charge on any atom is -0.493 e. The topological polar surface area (TPSA) is 50.8 Å². The van der Waals surface area contributed by atoms with Crippen LogP contribution in [0.4, 0.5) is 0 Å². The summed E-state index contributed by atoms with van der Waals surface area (Å²) < 4.78 is 10.8. The van der Waals surface area contributed by atoms with Crippen LogP contribution in [0.5, 0.6) is 11.5 Å². The normalized spacial score (nSPS) is 16.1. The molecule has 1 fully saturated rings. The van der Waals surface area contributed by atoms with Crippen LogP contribution in [-0.4, -0.2) is 50.2 Å². The van der Waals surface area contributed by atoms with Gasteiger partial charge >= 0.3 is 0 Å². The van der Waals surface area contributed by atoms with Crippen molar-refractivity contribution in [2.75, 3.05) is 33.4 Å². The number of ether oxygens (including phenoxy) is 2. The molecule has 1 aliphatic rings. The molecule has 2 rings (SSSR count). The SMILES string of the molecule is CCCN1CCC(NC(=O)c2ccc(OCC)c(OC)c2)CC1. The quantitative estimate of drug-likeness (QED) is 0.839. The first-order valence-corrected chi connectivity index (χ1v) is 8.52. The highest BCUT2D eigenvalue weighted by Gasteiger charge is 2.21. The van der Waals surface area contributed by atoms with Crippen molar-refractivity contribution >= 4 is 5.91 Å². The number of methoxy groups -OCH3 is 1. The third-order valence-corrected chi connectivity index (χ3v) is 4.19. The maximum absolute atomic E-state index is 12.4. The lowest BCUT2D eigenvalue weighted by atomic mass is 10.0. The first-order chi connectivity index (χ1) is 11.2. The van der Waals surface area contributed by atoms with Gasteiger partial charge in [-0.15, -0.1) is 0 Å². The molecule has 1 aromatic carbocycles. The Hall–Kier alpha value is -1.75. The molecular formula is C18H28N2O3. The summed E-state index contributed by atoms with van der Waals surface area (Å²) in [5.41, 5.74) is 0.612. The number of carbonyl (C=O) groups excluding carboxylic acids is 1. The van der Waals surface area contributed by atoms with E-state index in [9.17, 15) is 4.79 Å². The highest BCUT2D eigenvalue weighted by molar-refractivity contribution is 5.95. The van der Waals surface area contributed by atoms with Crippen molar-refractivity contribution in [2.24, 2.45) is 0 Å².